The molecule has 3 rings (SSSR count). The van der Waals surface area contributed by atoms with E-state index >= 15 is 0 Å². The van der Waals surface area contributed by atoms with E-state index in [0.29, 0.717) is 17.5 Å². The molecule has 3 atom stereocenters. The van der Waals surface area contributed by atoms with Gasteiger partial charge in [-0.2, -0.15) is 0 Å². The molecular weight excluding hydrogens is 304 g/mol. The first-order chi connectivity index (χ1) is 11.4. The van der Waals surface area contributed by atoms with Crippen molar-refractivity contribution in [3.8, 4) is 0 Å². The number of hydrogen-bond donors (Lipinski definition) is 2. The van der Waals surface area contributed by atoms with Crippen LogP contribution in [-0.4, -0.2) is 31.1 Å². The number of methoxy groups -OCH3 is 1. The number of benzene rings is 1. The Labute approximate surface area is 143 Å². The average Bonchev–Trinajstić information content (AvgIpc) is 3.37. The van der Waals surface area contributed by atoms with Crippen molar-refractivity contribution in [2.75, 3.05) is 7.11 Å². The Bertz CT molecular complexity index is 622. The first-order valence-corrected chi connectivity index (χ1v) is 8.72. The highest BCUT2D eigenvalue weighted by molar-refractivity contribution is 5.89. The molecule has 0 radical (unpaired) electrons. The zero-order valence-corrected chi connectivity index (χ0v) is 14.6. The molecule has 5 nitrogen and oxygen atoms in total. The second-order valence-electron chi connectivity index (χ2n) is 7.20. The first-order valence-electron chi connectivity index (χ1n) is 8.72. The maximum Gasteiger partial charge on any atom is 0.337 e. The summed E-state index contributed by atoms with van der Waals surface area (Å²) in [5.41, 5.74) is 1.32. The summed E-state index contributed by atoms with van der Waals surface area (Å²) in [6.07, 6.45) is 3.84. The minimum absolute atomic E-state index is 0.0864. The summed E-state index contributed by atoms with van der Waals surface area (Å²) in [7, 11) is 1.37. The van der Waals surface area contributed by atoms with Crippen molar-refractivity contribution in [1.82, 2.24) is 10.6 Å². The summed E-state index contributed by atoms with van der Waals surface area (Å²) in [6.45, 7) is 4.36. The Balaban J connectivity index is 1.66. The summed E-state index contributed by atoms with van der Waals surface area (Å²) in [5, 5.41) is 6.66. The standard InChI is InChI=1S/C19H26N2O3/c1-12-4-9-16(20-13(12)2)17(22)21-19(10-11-19)15-7-5-14(6-8-15)18(23)24-3/h5-8,12-13,16,20H,4,9-11H2,1-3H3,(H,21,22)/t12?,13?,16-/m1/s1. The lowest BCUT2D eigenvalue weighted by atomic mass is 9.89. The van der Waals surface area contributed by atoms with Crippen LogP contribution >= 0.6 is 0 Å². The zero-order chi connectivity index (χ0) is 17.3. The van der Waals surface area contributed by atoms with Crippen molar-refractivity contribution in [1.29, 1.82) is 0 Å². The van der Waals surface area contributed by atoms with Crippen molar-refractivity contribution < 1.29 is 14.3 Å². The molecule has 1 aliphatic carbocycles. The predicted molar refractivity (Wildman–Crippen MR) is 91.6 cm³/mol. The van der Waals surface area contributed by atoms with Crippen LogP contribution in [0.3, 0.4) is 0 Å². The fourth-order valence-electron chi connectivity index (χ4n) is 3.43. The van der Waals surface area contributed by atoms with Gasteiger partial charge < -0.3 is 15.4 Å². The molecule has 130 valence electrons. The number of carbonyl (C=O) groups is 2. The van der Waals surface area contributed by atoms with Gasteiger partial charge in [-0.15, -0.1) is 0 Å². The summed E-state index contributed by atoms with van der Waals surface area (Å²) < 4.78 is 4.72. The Hall–Kier alpha value is -1.88. The van der Waals surface area contributed by atoms with Gasteiger partial charge in [-0.3, -0.25) is 4.79 Å². The number of esters is 1. The molecule has 1 aliphatic heterocycles. The van der Waals surface area contributed by atoms with Crippen LogP contribution in [0, 0.1) is 5.92 Å². The van der Waals surface area contributed by atoms with Crippen molar-refractivity contribution >= 4 is 11.9 Å². The van der Waals surface area contributed by atoms with E-state index in [1.54, 1.807) is 12.1 Å². The molecule has 1 saturated heterocycles. The normalized spacial score (nSPS) is 28.0. The molecule has 1 aromatic carbocycles. The van der Waals surface area contributed by atoms with Crippen molar-refractivity contribution in [2.24, 2.45) is 5.92 Å². The molecule has 2 fully saturated rings. The van der Waals surface area contributed by atoms with Crippen LogP contribution < -0.4 is 10.6 Å². The molecule has 1 heterocycles. The van der Waals surface area contributed by atoms with E-state index in [-0.39, 0.29) is 23.5 Å². The van der Waals surface area contributed by atoms with Crippen LogP contribution in [0.25, 0.3) is 0 Å². The molecule has 0 aromatic heterocycles. The topological polar surface area (TPSA) is 67.4 Å². The molecule has 0 bridgehead atoms. The van der Waals surface area contributed by atoms with Crippen LogP contribution in [0.5, 0.6) is 0 Å². The number of amides is 1. The van der Waals surface area contributed by atoms with Gasteiger partial charge >= 0.3 is 5.97 Å². The van der Waals surface area contributed by atoms with Gasteiger partial charge in [-0.25, -0.2) is 4.79 Å². The third kappa shape index (κ3) is 3.31. The molecule has 2 unspecified atom stereocenters. The summed E-state index contributed by atoms with van der Waals surface area (Å²) in [4.78, 5) is 24.2. The second kappa shape index (κ2) is 6.55. The van der Waals surface area contributed by atoms with E-state index < -0.39 is 0 Å². The SMILES string of the molecule is COC(=O)c1ccc(C2(NC(=O)[C@H]3CCC(C)C(C)N3)CC2)cc1. The van der Waals surface area contributed by atoms with E-state index in [1.807, 2.05) is 12.1 Å². The van der Waals surface area contributed by atoms with Gasteiger partial charge in [0, 0.05) is 6.04 Å². The number of ether oxygens (including phenoxy) is 1. The maximum absolute atomic E-state index is 12.7. The third-order valence-electron chi connectivity index (χ3n) is 5.52. The number of nitrogens with one attached hydrogen (secondary N) is 2. The highest BCUT2D eigenvalue weighted by Crippen LogP contribution is 2.45. The lowest BCUT2D eigenvalue weighted by Gasteiger charge is -2.34. The Morgan fingerprint density at radius 1 is 1.17 bits per heavy atom. The fourth-order valence-corrected chi connectivity index (χ4v) is 3.43. The van der Waals surface area contributed by atoms with E-state index in [9.17, 15) is 9.59 Å². The monoisotopic (exact) mass is 330 g/mol. The number of carbonyl (C=O) groups excluding carboxylic acids is 2. The highest BCUT2D eigenvalue weighted by Gasteiger charge is 2.46. The Morgan fingerprint density at radius 3 is 2.38 bits per heavy atom. The largest absolute Gasteiger partial charge is 0.465 e. The molecule has 2 N–H and O–H groups in total. The van der Waals surface area contributed by atoms with E-state index in [4.69, 9.17) is 4.74 Å². The summed E-state index contributed by atoms with van der Waals surface area (Å²) >= 11 is 0. The molecule has 1 aromatic rings. The zero-order valence-electron chi connectivity index (χ0n) is 14.6. The predicted octanol–water partition coefficient (Wildman–Crippen LogP) is 2.36. The fraction of sp³-hybridized carbons (Fsp3) is 0.579. The van der Waals surface area contributed by atoms with Gasteiger partial charge in [-0.05, 0) is 56.2 Å². The maximum atomic E-state index is 12.7. The van der Waals surface area contributed by atoms with Crippen LogP contribution in [0.4, 0.5) is 0 Å². The van der Waals surface area contributed by atoms with Gasteiger partial charge in [0.2, 0.25) is 5.91 Å². The van der Waals surface area contributed by atoms with Gasteiger partial charge in [0.1, 0.15) is 0 Å². The number of piperidine rings is 1. The Kier molecular flexibility index (Phi) is 4.63. The molecule has 2 aliphatic rings. The van der Waals surface area contributed by atoms with E-state index in [0.717, 1.165) is 31.2 Å². The Morgan fingerprint density at radius 2 is 1.83 bits per heavy atom. The minimum Gasteiger partial charge on any atom is -0.465 e. The molecule has 1 amide bonds. The molecule has 1 saturated carbocycles. The lowest BCUT2D eigenvalue weighted by molar-refractivity contribution is -0.125. The van der Waals surface area contributed by atoms with Crippen molar-refractivity contribution in [2.45, 2.75) is 57.2 Å². The molecule has 0 spiro atoms. The summed E-state index contributed by atoms with van der Waals surface area (Å²) in [5.74, 6) is 0.350. The van der Waals surface area contributed by atoms with Gasteiger partial charge in [0.15, 0.2) is 0 Å². The van der Waals surface area contributed by atoms with E-state index in [2.05, 4.69) is 24.5 Å². The number of rotatable bonds is 4. The average molecular weight is 330 g/mol. The smallest absolute Gasteiger partial charge is 0.337 e. The lowest BCUT2D eigenvalue weighted by Crippen LogP contribution is -2.54. The van der Waals surface area contributed by atoms with Gasteiger partial charge in [0.25, 0.3) is 0 Å². The van der Waals surface area contributed by atoms with E-state index in [1.165, 1.54) is 7.11 Å². The van der Waals surface area contributed by atoms with Crippen LogP contribution in [-0.2, 0) is 15.1 Å². The minimum atomic E-state index is -0.343. The first kappa shape index (κ1) is 17.0. The van der Waals surface area contributed by atoms with Crippen LogP contribution in [0.2, 0.25) is 0 Å². The molecular formula is C19H26N2O3. The third-order valence-corrected chi connectivity index (χ3v) is 5.52. The van der Waals surface area contributed by atoms with Gasteiger partial charge in [0.05, 0.1) is 24.3 Å². The summed E-state index contributed by atoms with van der Waals surface area (Å²) in [6, 6.07) is 7.61. The second-order valence-corrected chi connectivity index (χ2v) is 7.20. The highest BCUT2D eigenvalue weighted by atomic mass is 16.5. The van der Waals surface area contributed by atoms with Crippen molar-refractivity contribution in [3.05, 3.63) is 35.4 Å². The number of hydrogen-bond acceptors (Lipinski definition) is 4. The van der Waals surface area contributed by atoms with Crippen LogP contribution in [0.15, 0.2) is 24.3 Å². The van der Waals surface area contributed by atoms with Crippen LogP contribution in [0.1, 0.15) is 55.5 Å². The molecule has 5 heteroatoms. The van der Waals surface area contributed by atoms with Gasteiger partial charge in [-0.1, -0.05) is 19.1 Å². The quantitative estimate of drug-likeness (QED) is 0.832. The molecule has 24 heavy (non-hydrogen) atoms. The van der Waals surface area contributed by atoms with Crippen molar-refractivity contribution in [3.63, 3.8) is 0 Å².